The van der Waals surface area contributed by atoms with Crippen LogP contribution in [-0.2, 0) is 0 Å². The summed E-state index contributed by atoms with van der Waals surface area (Å²) < 4.78 is 0. The lowest BCUT2D eigenvalue weighted by atomic mass is 10.1. The number of hydrogen-bond donors (Lipinski definition) is 1. The average Bonchev–Trinajstić information content (AvgIpc) is 3.03. The number of hydrogen-bond acceptors (Lipinski definition) is 4. The Balaban J connectivity index is 1.61. The van der Waals surface area contributed by atoms with Gasteiger partial charge in [-0.25, -0.2) is 0 Å². The summed E-state index contributed by atoms with van der Waals surface area (Å²) in [6.45, 7) is 6.57. The maximum absolute atomic E-state index is 4.34. The maximum Gasteiger partial charge on any atom is 0.151 e. The third-order valence-corrected chi connectivity index (χ3v) is 3.97. The zero-order chi connectivity index (χ0) is 14.5. The summed E-state index contributed by atoms with van der Waals surface area (Å²) in [6, 6.07) is 12.3. The van der Waals surface area contributed by atoms with Crippen molar-refractivity contribution in [3.8, 4) is 11.3 Å². The predicted octanol–water partition coefficient (Wildman–Crippen LogP) is 2.96. The topological polar surface area (TPSA) is 41.1 Å². The molecular formula is C17H22N4. The minimum Gasteiger partial charge on any atom is -0.367 e. The first-order valence-corrected chi connectivity index (χ1v) is 7.69. The van der Waals surface area contributed by atoms with Gasteiger partial charge in [0.2, 0.25) is 0 Å². The van der Waals surface area contributed by atoms with Crippen LogP contribution in [0.4, 0.5) is 5.82 Å². The number of aromatic nitrogens is 2. The molecule has 0 atom stereocenters. The highest BCUT2D eigenvalue weighted by Gasteiger charge is 2.11. The SMILES string of the molecule is Cc1cc(-c2ccccc2)nnc1NCCN1CCCC1. The van der Waals surface area contributed by atoms with Crippen LogP contribution in [0.1, 0.15) is 18.4 Å². The van der Waals surface area contributed by atoms with Gasteiger partial charge in [-0.3, -0.25) is 0 Å². The largest absolute Gasteiger partial charge is 0.367 e. The van der Waals surface area contributed by atoms with E-state index in [-0.39, 0.29) is 0 Å². The van der Waals surface area contributed by atoms with Crippen LogP contribution >= 0.6 is 0 Å². The smallest absolute Gasteiger partial charge is 0.151 e. The summed E-state index contributed by atoms with van der Waals surface area (Å²) in [6.07, 6.45) is 2.68. The number of benzene rings is 1. The second-order valence-corrected chi connectivity index (χ2v) is 5.60. The van der Waals surface area contributed by atoms with Gasteiger partial charge in [0.15, 0.2) is 5.82 Å². The van der Waals surface area contributed by atoms with Crippen molar-refractivity contribution in [1.82, 2.24) is 15.1 Å². The molecule has 21 heavy (non-hydrogen) atoms. The summed E-state index contributed by atoms with van der Waals surface area (Å²) >= 11 is 0. The average molecular weight is 282 g/mol. The van der Waals surface area contributed by atoms with Crippen molar-refractivity contribution in [2.45, 2.75) is 19.8 Å². The molecular weight excluding hydrogens is 260 g/mol. The van der Waals surface area contributed by atoms with Crippen molar-refractivity contribution in [2.24, 2.45) is 0 Å². The van der Waals surface area contributed by atoms with Gasteiger partial charge in [0.1, 0.15) is 0 Å². The van der Waals surface area contributed by atoms with Gasteiger partial charge in [-0.2, -0.15) is 0 Å². The Kier molecular flexibility index (Phi) is 4.46. The van der Waals surface area contributed by atoms with Gasteiger partial charge in [0, 0.05) is 18.7 Å². The van der Waals surface area contributed by atoms with Crippen molar-refractivity contribution < 1.29 is 0 Å². The van der Waals surface area contributed by atoms with E-state index in [1.54, 1.807) is 0 Å². The molecule has 1 aliphatic rings. The molecule has 1 saturated heterocycles. The highest BCUT2D eigenvalue weighted by Crippen LogP contribution is 2.19. The Bertz CT molecular complexity index is 577. The molecule has 1 fully saturated rings. The van der Waals surface area contributed by atoms with E-state index in [0.717, 1.165) is 35.7 Å². The summed E-state index contributed by atoms with van der Waals surface area (Å²) in [7, 11) is 0. The molecule has 1 aliphatic heterocycles. The predicted molar refractivity (Wildman–Crippen MR) is 86.4 cm³/mol. The van der Waals surface area contributed by atoms with Gasteiger partial charge in [-0.1, -0.05) is 30.3 Å². The van der Waals surface area contributed by atoms with Gasteiger partial charge >= 0.3 is 0 Å². The number of nitrogens with one attached hydrogen (secondary N) is 1. The van der Waals surface area contributed by atoms with E-state index >= 15 is 0 Å². The molecule has 0 unspecified atom stereocenters. The van der Waals surface area contributed by atoms with Crippen LogP contribution < -0.4 is 5.32 Å². The fourth-order valence-corrected chi connectivity index (χ4v) is 2.75. The van der Waals surface area contributed by atoms with E-state index in [2.05, 4.69) is 45.5 Å². The van der Waals surface area contributed by atoms with E-state index in [0.29, 0.717) is 0 Å². The number of anilines is 1. The molecule has 0 bridgehead atoms. The van der Waals surface area contributed by atoms with Crippen LogP contribution in [0.25, 0.3) is 11.3 Å². The molecule has 2 aromatic rings. The number of aryl methyl sites for hydroxylation is 1. The lowest BCUT2D eigenvalue weighted by Crippen LogP contribution is -2.26. The quantitative estimate of drug-likeness (QED) is 0.915. The molecule has 1 aromatic heterocycles. The minimum absolute atomic E-state index is 0.897. The molecule has 110 valence electrons. The summed E-state index contributed by atoms with van der Waals surface area (Å²) in [5.74, 6) is 0.897. The molecule has 0 aliphatic carbocycles. The molecule has 0 radical (unpaired) electrons. The van der Waals surface area contributed by atoms with E-state index < -0.39 is 0 Å². The number of likely N-dealkylation sites (tertiary alicyclic amines) is 1. The molecule has 0 saturated carbocycles. The van der Waals surface area contributed by atoms with Crippen molar-refractivity contribution in [3.63, 3.8) is 0 Å². The normalized spacial score (nSPS) is 15.3. The zero-order valence-corrected chi connectivity index (χ0v) is 12.5. The standard InChI is InChI=1S/C17H22N4/c1-14-13-16(15-7-3-2-4-8-15)19-20-17(14)18-9-12-21-10-5-6-11-21/h2-4,7-8,13H,5-6,9-12H2,1H3,(H,18,20). The Morgan fingerprint density at radius 2 is 1.86 bits per heavy atom. The Morgan fingerprint density at radius 1 is 1.10 bits per heavy atom. The maximum atomic E-state index is 4.34. The van der Waals surface area contributed by atoms with Crippen molar-refractivity contribution in [3.05, 3.63) is 42.0 Å². The van der Waals surface area contributed by atoms with Crippen molar-refractivity contribution in [1.29, 1.82) is 0 Å². The molecule has 0 amide bonds. The molecule has 4 heteroatoms. The second kappa shape index (κ2) is 6.68. The molecule has 2 heterocycles. The lowest BCUT2D eigenvalue weighted by molar-refractivity contribution is 0.352. The minimum atomic E-state index is 0.897. The number of rotatable bonds is 5. The fraction of sp³-hybridized carbons (Fsp3) is 0.412. The third kappa shape index (κ3) is 3.58. The van der Waals surface area contributed by atoms with E-state index in [1.165, 1.54) is 25.9 Å². The van der Waals surface area contributed by atoms with E-state index in [4.69, 9.17) is 0 Å². The fourth-order valence-electron chi connectivity index (χ4n) is 2.75. The van der Waals surface area contributed by atoms with Crippen LogP contribution in [-0.4, -0.2) is 41.3 Å². The Morgan fingerprint density at radius 3 is 2.57 bits per heavy atom. The Labute approximate surface area is 126 Å². The molecule has 1 N–H and O–H groups in total. The first kappa shape index (κ1) is 14.0. The Hall–Kier alpha value is -1.94. The molecule has 1 aromatic carbocycles. The lowest BCUT2D eigenvalue weighted by Gasteiger charge is -2.15. The first-order valence-electron chi connectivity index (χ1n) is 7.69. The second-order valence-electron chi connectivity index (χ2n) is 5.60. The van der Waals surface area contributed by atoms with Crippen molar-refractivity contribution in [2.75, 3.05) is 31.5 Å². The molecule has 3 rings (SSSR count). The van der Waals surface area contributed by atoms with Crippen LogP contribution in [0, 0.1) is 6.92 Å². The van der Waals surface area contributed by atoms with E-state index in [9.17, 15) is 0 Å². The van der Waals surface area contributed by atoms with Crippen LogP contribution in [0.2, 0.25) is 0 Å². The van der Waals surface area contributed by atoms with Crippen molar-refractivity contribution >= 4 is 5.82 Å². The van der Waals surface area contributed by atoms with Gasteiger partial charge in [-0.15, -0.1) is 10.2 Å². The highest BCUT2D eigenvalue weighted by molar-refractivity contribution is 5.61. The number of nitrogens with zero attached hydrogens (tertiary/aromatic N) is 3. The van der Waals surface area contributed by atoms with Gasteiger partial charge in [0.05, 0.1) is 5.69 Å². The summed E-state index contributed by atoms with van der Waals surface area (Å²) in [5.41, 5.74) is 3.18. The van der Waals surface area contributed by atoms with Gasteiger partial charge in [-0.05, 0) is 44.5 Å². The van der Waals surface area contributed by atoms with E-state index in [1.807, 2.05) is 18.2 Å². The zero-order valence-electron chi connectivity index (χ0n) is 12.5. The molecule has 4 nitrogen and oxygen atoms in total. The van der Waals surface area contributed by atoms with Crippen LogP contribution in [0.3, 0.4) is 0 Å². The third-order valence-electron chi connectivity index (χ3n) is 3.97. The monoisotopic (exact) mass is 282 g/mol. The van der Waals surface area contributed by atoms with Crippen LogP contribution in [0.5, 0.6) is 0 Å². The van der Waals surface area contributed by atoms with Gasteiger partial charge < -0.3 is 10.2 Å². The summed E-state index contributed by atoms with van der Waals surface area (Å²) in [5, 5.41) is 12.1. The molecule has 0 spiro atoms. The first-order chi connectivity index (χ1) is 10.3. The van der Waals surface area contributed by atoms with Gasteiger partial charge in [0.25, 0.3) is 0 Å². The summed E-state index contributed by atoms with van der Waals surface area (Å²) in [4.78, 5) is 2.49. The highest BCUT2D eigenvalue weighted by atomic mass is 15.2. The van der Waals surface area contributed by atoms with Crippen LogP contribution in [0.15, 0.2) is 36.4 Å².